The smallest absolute Gasteiger partial charge is 0.349 e. The van der Waals surface area contributed by atoms with Crippen LogP contribution in [0.25, 0.3) is 0 Å². The fourth-order valence-corrected chi connectivity index (χ4v) is 3.55. The monoisotopic (exact) mass is 395 g/mol. The minimum Gasteiger partial charge on any atom is -0.495 e. The normalized spacial score (nSPS) is 11.7. The van der Waals surface area contributed by atoms with Crippen molar-refractivity contribution < 1.29 is 19.1 Å². The quantitative estimate of drug-likeness (QED) is 0.680. The first-order valence-corrected chi connectivity index (χ1v) is 9.49. The van der Waals surface area contributed by atoms with E-state index in [0.717, 1.165) is 23.3 Å². The second-order valence-electron chi connectivity index (χ2n) is 5.82. The molecule has 1 N–H and O–H groups in total. The first-order valence-electron chi connectivity index (χ1n) is 8.30. The third kappa shape index (κ3) is 4.99. The molecule has 0 unspecified atom stereocenters. The van der Waals surface area contributed by atoms with Gasteiger partial charge in [-0.05, 0) is 50.1 Å². The molecule has 1 aromatic carbocycles. The molecule has 5 nitrogen and oxygen atoms in total. The molecule has 0 aliphatic rings. The molecule has 0 saturated heterocycles. The average Bonchev–Trinajstić information content (AvgIpc) is 2.96. The summed E-state index contributed by atoms with van der Waals surface area (Å²) in [6, 6.07) is 6.73. The first-order chi connectivity index (χ1) is 12.3. The van der Waals surface area contributed by atoms with Gasteiger partial charge in [-0.2, -0.15) is 0 Å². The van der Waals surface area contributed by atoms with Gasteiger partial charge in [0.2, 0.25) is 0 Å². The highest BCUT2D eigenvalue weighted by Gasteiger charge is 2.22. The number of anilines is 1. The molecule has 0 saturated carbocycles. The van der Waals surface area contributed by atoms with Gasteiger partial charge in [-0.25, -0.2) is 4.79 Å². The molecular weight excluding hydrogens is 374 g/mol. The summed E-state index contributed by atoms with van der Waals surface area (Å²) < 4.78 is 10.5. The molecular formula is C19H22ClNO4S. The molecule has 0 radical (unpaired) electrons. The predicted molar refractivity (Wildman–Crippen MR) is 105 cm³/mol. The third-order valence-electron chi connectivity index (χ3n) is 3.81. The molecule has 1 aromatic heterocycles. The minimum atomic E-state index is -0.955. The molecule has 1 amide bonds. The number of ether oxygens (including phenoxy) is 2. The number of carbonyl (C=O) groups excluding carboxylic acids is 2. The summed E-state index contributed by atoms with van der Waals surface area (Å²) in [6.07, 6.45) is 0.968. The fraction of sp³-hybridized carbons (Fsp3) is 0.368. The molecule has 140 valence electrons. The van der Waals surface area contributed by atoms with Crippen LogP contribution in [0.4, 0.5) is 5.69 Å². The zero-order valence-corrected chi connectivity index (χ0v) is 16.8. The van der Waals surface area contributed by atoms with E-state index >= 15 is 0 Å². The van der Waals surface area contributed by atoms with Crippen molar-refractivity contribution in [3.8, 4) is 5.75 Å². The van der Waals surface area contributed by atoms with Crippen LogP contribution >= 0.6 is 22.9 Å². The molecule has 0 aliphatic carbocycles. The summed E-state index contributed by atoms with van der Waals surface area (Å²) >= 11 is 7.34. The van der Waals surface area contributed by atoms with Gasteiger partial charge in [0, 0.05) is 9.90 Å². The number of hydrogen-bond acceptors (Lipinski definition) is 5. The Bertz CT molecular complexity index is 803. The van der Waals surface area contributed by atoms with Crippen LogP contribution < -0.4 is 10.1 Å². The molecule has 0 bridgehead atoms. The summed E-state index contributed by atoms with van der Waals surface area (Å²) in [6.45, 7) is 5.59. The van der Waals surface area contributed by atoms with Crippen molar-refractivity contribution in [1.29, 1.82) is 0 Å². The summed E-state index contributed by atoms with van der Waals surface area (Å²) in [5.41, 5.74) is 1.57. The molecule has 7 heteroatoms. The Morgan fingerprint density at radius 1 is 1.31 bits per heavy atom. The molecule has 0 aliphatic heterocycles. The largest absolute Gasteiger partial charge is 0.495 e. The van der Waals surface area contributed by atoms with Crippen molar-refractivity contribution in [3.63, 3.8) is 0 Å². The maximum Gasteiger partial charge on any atom is 0.349 e. The van der Waals surface area contributed by atoms with Crippen LogP contribution in [0.15, 0.2) is 24.3 Å². The van der Waals surface area contributed by atoms with Crippen LogP contribution in [0, 0.1) is 6.92 Å². The summed E-state index contributed by atoms with van der Waals surface area (Å²) in [4.78, 5) is 26.3. The van der Waals surface area contributed by atoms with Crippen molar-refractivity contribution >= 4 is 40.5 Å². The highest BCUT2D eigenvalue weighted by Crippen LogP contribution is 2.28. The number of amides is 1. The lowest BCUT2D eigenvalue weighted by atomic mass is 10.1. The van der Waals surface area contributed by atoms with Gasteiger partial charge in [0.1, 0.15) is 10.6 Å². The van der Waals surface area contributed by atoms with Gasteiger partial charge in [0.15, 0.2) is 6.10 Å². The van der Waals surface area contributed by atoms with E-state index in [-0.39, 0.29) is 0 Å². The van der Waals surface area contributed by atoms with E-state index in [4.69, 9.17) is 21.1 Å². The molecule has 0 fully saturated rings. The lowest BCUT2D eigenvalue weighted by Gasteiger charge is -2.15. The highest BCUT2D eigenvalue weighted by atomic mass is 35.5. The van der Waals surface area contributed by atoms with Gasteiger partial charge < -0.3 is 14.8 Å². The fourth-order valence-electron chi connectivity index (χ4n) is 2.42. The van der Waals surface area contributed by atoms with Crippen LogP contribution in [0.1, 0.15) is 40.4 Å². The second-order valence-corrected chi connectivity index (χ2v) is 7.52. The van der Waals surface area contributed by atoms with Crippen LogP contribution in [-0.2, 0) is 16.0 Å². The number of rotatable bonds is 7. The minimum absolute atomic E-state index is 0.421. The number of nitrogens with one attached hydrogen (secondary N) is 1. The number of benzene rings is 1. The SMILES string of the molecule is CCCc1cc(C(=O)O[C@@H](C)C(=O)Nc2cc(Cl)ccc2OC)sc1C. The predicted octanol–water partition coefficient (Wildman–Crippen LogP) is 4.86. The average molecular weight is 396 g/mol. The van der Waals surface area contributed by atoms with Crippen molar-refractivity contribution in [1.82, 2.24) is 0 Å². The number of carbonyl (C=O) groups is 2. The maximum atomic E-state index is 12.3. The van der Waals surface area contributed by atoms with Crippen LogP contribution in [0.5, 0.6) is 5.75 Å². The van der Waals surface area contributed by atoms with E-state index < -0.39 is 18.0 Å². The Labute approximate surface area is 162 Å². The highest BCUT2D eigenvalue weighted by molar-refractivity contribution is 7.14. The van der Waals surface area contributed by atoms with Gasteiger partial charge in [-0.1, -0.05) is 24.9 Å². The number of methoxy groups -OCH3 is 1. The number of esters is 1. The lowest BCUT2D eigenvalue weighted by molar-refractivity contribution is -0.123. The number of aryl methyl sites for hydroxylation is 2. The summed E-state index contributed by atoms with van der Waals surface area (Å²) in [5.74, 6) is -0.485. The number of halogens is 1. The summed E-state index contributed by atoms with van der Waals surface area (Å²) in [7, 11) is 1.50. The second kappa shape index (κ2) is 9.05. The Morgan fingerprint density at radius 2 is 2.04 bits per heavy atom. The Kier molecular flexibility index (Phi) is 7.06. The zero-order valence-electron chi connectivity index (χ0n) is 15.2. The van der Waals surface area contributed by atoms with Crippen LogP contribution in [0.2, 0.25) is 5.02 Å². The van der Waals surface area contributed by atoms with E-state index in [0.29, 0.717) is 21.3 Å². The van der Waals surface area contributed by atoms with E-state index in [1.165, 1.54) is 25.4 Å². The first kappa shape index (κ1) is 20.3. The van der Waals surface area contributed by atoms with Crippen LogP contribution in [0.3, 0.4) is 0 Å². The zero-order chi connectivity index (χ0) is 19.3. The van der Waals surface area contributed by atoms with Gasteiger partial charge >= 0.3 is 5.97 Å². The van der Waals surface area contributed by atoms with E-state index in [9.17, 15) is 9.59 Å². The van der Waals surface area contributed by atoms with Crippen molar-refractivity contribution in [2.24, 2.45) is 0 Å². The van der Waals surface area contributed by atoms with E-state index in [2.05, 4.69) is 12.2 Å². The third-order valence-corrected chi connectivity index (χ3v) is 5.12. The van der Waals surface area contributed by atoms with Gasteiger partial charge in [-0.15, -0.1) is 11.3 Å². The topological polar surface area (TPSA) is 64.6 Å². The van der Waals surface area contributed by atoms with E-state index in [1.807, 2.05) is 13.0 Å². The standard InChI is InChI=1S/C19H22ClNO4S/c1-5-6-13-9-17(26-12(13)3)19(23)25-11(2)18(22)21-15-10-14(20)7-8-16(15)24-4/h7-11H,5-6H2,1-4H3,(H,21,22)/t11-/m0/s1. The summed E-state index contributed by atoms with van der Waals surface area (Å²) in [5, 5.41) is 3.13. The van der Waals surface area contributed by atoms with E-state index in [1.54, 1.807) is 18.2 Å². The molecule has 0 spiro atoms. The molecule has 1 heterocycles. The van der Waals surface area contributed by atoms with Crippen molar-refractivity contribution in [3.05, 3.63) is 44.6 Å². The Balaban J connectivity index is 2.04. The van der Waals surface area contributed by atoms with Gasteiger partial charge in [-0.3, -0.25) is 4.79 Å². The van der Waals surface area contributed by atoms with Crippen molar-refractivity contribution in [2.45, 2.75) is 39.7 Å². The maximum absolute atomic E-state index is 12.3. The van der Waals surface area contributed by atoms with Crippen LogP contribution in [-0.4, -0.2) is 25.1 Å². The number of thiophene rings is 1. The Morgan fingerprint density at radius 3 is 2.69 bits per heavy atom. The number of hydrogen-bond donors (Lipinski definition) is 1. The van der Waals surface area contributed by atoms with Crippen molar-refractivity contribution in [2.75, 3.05) is 12.4 Å². The molecule has 1 atom stereocenters. The molecule has 26 heavy (non-hydrogen) atoms. The van der Waals surface area contributed by atoms with Gasteiger partial charge in [0.05, 0.1) is 12.8 Å². The molecule has 2 rings (SSSR count). The Hall–Kier alpha value is -2.05. The lowest BCUT2D eigenvalue weighted by Crippen LogP contribution is -2.30. The molecule has 2 aromatic rings. The van der Waals surface area contributed by atoms with Gasteiger partial charge in [0.25, 0.3) is 5.91 Å².